The summed E-state index contributed by atoms with van der Waals surface area (Å²) in [6.45, 7) is 8.73. The minimum atomic E-state index is -0.381. The number of hydrogen-bond donors (Lipinski definition) is 1. The Morgan fingerprint density at radius 2 is 2.10 bits per heavy atom. The van der Waals surface area contributed by atoms with Crippen molar-refractivity contribution in [1.82, 2.24) is 0 Å². The fourth-order valence-electron chi connectivity index (χ4n) is 4.72. The Morgan fingerprint density at radius 1 is 1.38 bits per heavy atom. The van der Waals surface area contributed by atoms with Crippen molar-refractivity contribution in [3.8, 4) is 11.8 Å². The summed E-state index contributed by atoms with van der Waals surface area (Å²) in [5, 5.41) is 10.3. The molecule has 2 nitrogen and oxygen atoms in total. The van der Waals surface area contributed by atoms with Gasteiger partial charge in [0.25, 0.3) is 0 Å². The van der Waals surface area contributed by atoms with Gasteiger partial charge in [0.1, 0.15) is 5.60 Å². The molecule has 0 bridgehead atoms. The molecule has 0 radical (unpaired) electrons. The second kappa shape index (κ2) is 6.57. The van der Waals surface area contributed by atoms with Crippen molar-refractivity contribution in [3.05, 3.63) is 0 Å². The van der Waals surface area contributed by atoms with E-state index in [0.717, 1.165) is 12.8 Å². The van der Waals surface area contributed by atoms with Gasteiger partial charge in [-0.15, -0.1) is 0 Å². The van der Waals surface area contributed by atoms with Crippen molar-refractivity contribution in [2.24, 2.45) is 23.2 Å². The van der Waals surface area contributed by atoms with Crippen molar-refractivity contribution in [1.29, 1.82) is 0 Å². The highest BCUT2D eigenvalue weighted by molar-refractivity contribution is 7.09. The second-order valence-electron chi connectivity index (χ2n) is 7.87. The Hall–Kier alpha value is -0.0900. The molecule has 0 aromatic heterocycles. The van der Waals surface area contributed by atoms with Crippen molar-refractivity contribution < 1.29 is 9.63 Å². The zero-order chi connectivity index (χ0) is 15.7. The third-order valence-electron chi connectivity index (χ3n) is 5.96. The van der Waals surface area contributed by atoms with E-state index in [-0.39, 0.29) is 11.7 Å². The first-order chi connectivity index (χ1) is 9.80. The molecule has 2 aliphatic carbocycles. The van der Waals surface area contributed by atoms with Crippen molar-refractivity contribution in [2.45, 2.75) is 77.9 Å². The van der Waals surface area contributed by atoms with Crippen LogP contribution in [0.2, 0.25) is 0 Å². The lowest BCUT2D eigenvalue weighted by Gasteiger charge is -2.45. The van der Waals surface area contributed by atoms with Crippen LogP contribution in [0.1, 0.15) is 66.2 Å². The van der Waals surface area contributed by atoms with Gasteiger partial charge < -0.3 is 9.63 Å². The number of aliphatic hydroxyl groups is 1. The van der Waals surface area contributed by atoms with E-state index >= 15 is 0 Å². The highest BCUT2D eigenvalue weighted by Gasteiger charge is 2.51. The van der Waals surface area contributed by atoms with Gasteiger partial charge in [0, 0.05) is 15.9 Å². The van der Waals surface area contributed by atoms with Gasteiger partial charge in [-0.1, -0.05) is 32.1 Å². The van der Waals surface area contributed by atoms with E-state index in [4.69, 9.17) is 4.52 Å². The van der Waals surface area contributed by atoms with E-state index in [1.165, 1.54) is 25.7 Å². The van der Waals surface area contributed by atoms with Crippen LogP contribution in [-0.4, -0.2) is 16.8 Å². The molecule has 0 aliphatic heterocycles. The van der Waals surface area contributed by atoms with Crippen LogP contribution in [0.5, 0.6) is 0 Å². The van der Waals surface area contributed by atoms with Gasteiger partial charge in [0.05, 0.1) is 6.10 Å². The van der Waals surface area contributed by atoms with Crippen LogP contribution in [0.3, 0.4) is 0 Å². The Bertz CT molecular complexity index is 423. The zero-order valence-electron chi connectivity index (χ0n) is 14.0. The molecule has 120 valence electrons. The monoisotopic (exact) mass is 310 g/mol. The van der Waals surface area contributed by atoms with Crippen LogP contribution < -0.4 is 0 Å². The molecule has 2 saturated carbocycles. The second-order valence-corrected chi connectivity index (χ2v) is 8.10. The lowest BCUT2D eigenvalue weighted by atomic mass is 9.61. The predicted molar refractivity (Wildman–Crippen MR) is 90.6 cm³/mol. The summed E-state index contributed by atoms with van der Waals surface area (Å²) in [7, 11) is 2.30. The summed E-state index contributed by atoms with van der Waals surface area (Å²) >= 11 is 0. The highest BCUT2D eigenvalue weighted by Crippen LogP contribution is 2.58. The predicted octanol–water partition coefficient (Wildman–Crippen LogP) is 4.18. The smallest absolute Gasteiger partial charge is 0.126 e. The third-order valence-corrected chi connectivity index (χ3v) is 6.55. The summed E-state index contributed by atoms with van der Waals surface area (Å²) in [4.78, 5) is 0. The summed E-state index contributed by atoms with van der Waals surface area (Å²) in [5.41, 5.74) is -0.0566. The lowest BCUT2D eigenvalue weighted by molar-refractivity contribution is -0.0264. The normalized spacial score (nSPS) is 37.5. The first-order valence-electron chi connectivity index (χ1n) is 8.36. The Balaban J connectivity index is 2.02. The van der Waals surface area contributed by atoms with Crippen molar-refractivity contribution >= 4 is 9.47 Å². The van der Waals surface area contributed by atoms with Crippen molar-refractivity contribution in [2.75, 3.05) is 0 Å². The standard InChI is InChI=1S/C18H31O2P/c1-13(7-5-11-17(2,3)20-21)14-9-10-15-16(19)8-6-12-18(14,15)4/h13-16,19H,6-10,12,21H2,1-4H3/t13-,14?,15?,16?,18-/m1/s1. The molecular formula is C18H31O2P. The molecule has 4 unspecified atom stereocenters. The maximum Gasteiger partial charge on any atom is 0.126 e. The molecule has 0 amide bonds. The molecule has 2 aliphatic rings. The molecule has 6 atom stereocenters. The SMILES string of the molecule is C[C@H](CC#CC(C)(C)OP)C1CCC2C(O)CCC[C@@]21C. The first-order valence-corrected chi connectivity index (χ1v) is 8.83. The summed E-state index contributed by atoms with van der Waals surface area (Å²) in [6, 6.07) is 0. The zero-order valence-corrected chi connectivity index (χ0v) is 15.1. The van der Waals surface area contributed by atoms with Gasteiger partial charge in [-0.05, 0) is 62.7 Å². The summed E-state index contributed by atoms with van der Waals surface area (Å²) in [5.74, 6) is 8.35. The molecule has 2 rings (SSSR count). The van der Waals surface area contributed by atoms with E-state index in [1.807, 2.05) is 13.8 Å². The Labute approximate surface area is 132 Å². The van der Waals surface area contributed by atoms with Gasteiger partial charge in [-0.2, -0.15) is 0 Å². The lowest BCUT2D eigenvalue weighted by Crippen LogP contribution is -2.41. The first kappa shape index (κ1) is 17.3. The van der Waals surface area contributed by atoms with Crippen molar-refractivity contribution in [3.63, 3.8) is 0 Å². The van der Waals surface area contributed by atoms with Gasteiger partial charge in [-0.3, -0.25) is 0 Å². The number of rotatable bonds is 3. The molecule has 3 heteroatoms. The van der Waals surface area contributed by atoms with Gasteiger partial charge >= 0.3 is 0 Å². The minimum Gasteiger partial charge on any atom is -0.393 e. The molecular weight excluding hydrogens is 279 g/mol. The Kier molecular flexibility index (Phi) is 5.40. The third kappa shape index (κ3) is 3.64. The molecule has 0 aromatic carbocycles. The van der Waals surface area contributed by atoms with E-state index < -0.39 is 0 Å². The molecule has 0 aromatic rings. The van der Waals surface area contributed by atoms with E-state index in [1.54, 1.807) is 0 Å². The minimum absolute atomic E-state index is 0.0727. The average molecular weight is 310 g/mol. The number of fused-ring (bicyclic) bond motifs is 1. The fraction of sp³-hybridized carbons (Fsp3) is 0.889. The number of hydrogen-bond acceptors (Lipinski definition) is 2. The highest BCUT2D eigenvalue weighted by atomic mass is 31.0. The van der Waals surface area contributed by atoms with E-state index in [2.05, 4.69) is 35.2 Å². The quantitative estimate of drug-likeness (QED) is 0.626. The summed E-state index contributed by atoms with van der Waals surface area (Å²) in [6.07, 6.45) is 6.76. The van der Waals surface area contributed by atoms with E-state index in [0.29, 0.717) is 23.2 Å². The van der Waals surface area contributed by atoms with Crippen LogP contribution in [0.25, 0.3) is 0 Å². The van der Waals surface area contributed by atoms with Crippen LogP contribution in [0.4, 0.5) is 0 Å². The van der Waals surface area contributed by atoms with Gasteiger partial charge in [0.15, 0.2) is 0 Å². The topological polar surface area (TPSA) is 29.5 Å². The van der Waals surface area contributed by atoms with Crippen LogP contribution in [-0.2, 0) is 4.52 Å². The Morgan fingerprint density at radius 3 is 2.76 bits per heavy atom. The maximum atomic E-state index is 10.3. The largest absolute Gasteiger partial charge is 0.393 e. The van der Waals surface area contributed by atoms with Crippen LogP contribution in [0.15, 0.2) is 0 Å². The molecule has 0 spiro atoms. The van der Waals surface area contributed by atoms with Crippen LogP contribution >= 0.6 is 9.47 Å². The molecule has 0 saturated heterocycles. The van der Waals surface area contributed by atoms with Gasteiger partial charge in [0.2, 0.25) is 0 Å². The molecule has 0 heterocycles. The van der Waals surface area contributed by atoms with Crippen LogP contribution in [0, 0.1) is 35.0 Å². The number of aliphatic hydroxyl groups excluding tert-OH is 1. The summed E-state index contributed by atoms with van der Waals surface area (Å²) < 4.78 is 5.27. The fourth-order valence-corrected chi connectivity index (χ4v) is 4.78. The molecule has 2 fully saturated rings. The average Bonchev–Trinajstić information content (AvgIpc) is 2.77. The maximum absolute atomic E-state index is 10.3. The van der Waals surface area contributed by atoms with Gasteiger partial charge in [-0.25, -0.2) is 0 Å². The van der Waals surface area contributed by atoms with E-state index in [9.17, 15) is 5.11 Å². The molecule has 21 heavy (non-hydrogen) atoms. The molecule has 1 N–H and O–H groups in total.